The summed E-state index contributed by atoms with van der Waals surface area (Å²) >= 11 is 1.69. The lowest BCUT2D eigenvalue weighted by Crippen LogP contribution is -2.42. The van der Waals surface area contributed by atoms with Crippen LogP contribution < -0.4 is 0 Å². The van der Waals surface area contributed by atoms with Crippen molar-refractivity contribution in [2.75, 3.05) is 0 Å². The molecule has 4 heterocycles. The molecule has 2 atom stereocenters. The molecule has 154 valence electrons. The first-order valence-electron chi connectivity index (χ1n) is 10.8. The van der Waals surface area contributed by atoms with Crippen molar-refractivity contribution in [3.63, 3.8) is 0 Å². The number of para-hydroxylation sites is 1. The highest BCUT2D eigenvalue weighted by Gasteiger charge is 2.43. The average Bonchev–Trinajstić information content (AvgIpc) is 3.37. The summed E-state index contributed by atoms with van der Waals surface area (Å²) in [6.45, 7) is 0. The van der Waals surface area contributed by atoms with Crippen molar-refractivity contribution >= 4 is 27.5 Å². The number of carbonyl (C=O) groups excluding carboxylic acids is 1. The molecule has 6 rings (SSSR count). The molecule has 1 saturated heterocycles. The number of benzene rings is 2. The van der Waals surface area contributed by atoms with Crippen molar-refractivity contribution in [1.29, 1.82) is 0 Å². The molecule has 2 bridgehead atoms. The molecule has 0 saturated carbocycles. The van der Waals surface area contributed by atoms with Crippen molar-refractivity contribution in [2.24, 2.45) is 0 Å². The minimum atomic E-state index is 0.112. The van der Waals surface area contributed by atoms with Crippen LogP contribution >= 0.6 is 11.3 Å². The third-order valence-corrected chi connectivity index (χ3v) is 7.50. The number of rotatable bonds is 4. The summed E-state index contributed by atoms with van der Waals surface area (Å²) < 4.78 is 1.18. The Morgan fingerprint density at radius 1 is 1.03 bits per heavy atom. The highest BCUT2D eigenvalue weighted by molar-refractivity contribution is 7.18. The van der Waals surface area contributed by atoms with Gasteiger partial charge in [0.15, 0.2) is 5.82 Å². The van der Waals surface area contributed by atoms with Crippen LogP contribution in [-0.4, -0.2) is 31.8 Å². The van der Waals surface area contributed by atoms with Crippen LogP contribution in [0.1, 0.15) is 41.6 Å². The maximum absolute atomic E-state index is 13.2. The number of fused-ring (bicyclic) bond motifs is 5. The number of amides is 1. The first-order chi connectivity index (χ1) is 15.3. The molecule has 6 heteroatoms. The van der Waals surface area contributed by atoms with E-state index in [9.17, 15) is 4.79 Å². The Balaban J connectivity index is 1.21. The van der Waals surface area contributed by atoms with Gasteiger partial charge in [-0.05, 0) is 25.0 Å². The number of thiazole rings is 1. The Morgan fingerprint density at radius 3 is 2.74 bits per heavy atom. The van der Waals surface area contributed by atoms with Crippen molar-refractivity contribution in [3.05, 3.63) is 77.1 Å². The summed E-state index contributed by atoms with van der Waals surface area (Å²) in [6, 6.07) is 18.6. The predicted molar refractivity (Wildman–Crippen MR) is 122 cm³/mol. The molecule has 5 nitrogen and oxygen atoms in total. The standard InChI is InChI=1S/C25H22N4OS/c30-24(13-12-23-27-19-8-4-5-9-22(19)31-23)29-17-10-11-21(29)18-15-26-25(28-20(18)14-17)16-6-2-1-3-7-16/h1-9,15,17,21H,10-14H2/t17-,21+/m0/s1. The lowest BCUT2D eigenvalue weighted by atomic mass is 9.98. The van der Waals surface area contributed by atoms with E-state index >= 15 is 0 Å². The maximum Gasteiger partial charge on any atom is 0.223 e. The van der Waals surface area contributed by atoms with Gasteiger partial charge in [0.1, 0.15) is 0 Å². The van der Waals surface area contributed by atoms with E-state index in [1.165, 1.54) is 4.70 Å². The molecule has 0 N–H and O–H groups in total. The molecule has 2 aliphatic heterocycles. The second kappa shape index (κ2) is 7.54. The fraction of sp³-hybridized carbons (Fsp3) is 0.280. The van der Waals surface area contributed by atoms with Crippen LogP contribution in [0.3, 0.4) is 0 Å². The van der Waals surface area contributed by atoms with Gasteiger partial charge in [-0.1, -0.05) is 42.5 Å². The molecule has 4 aromatic rings. The molecule has 1 amide bonds. The van der Waals surface area contributed by atoms with Crippen molar-refractivity contribution in [3.8, 4) is 11.4 Å². The van der Waals surface area contributed by atoms with Gasteiger partial charge in [-0.25, -0.2) is 15.0 Å². The van der Waals surface area contributed by atoms with Gasteiger partial charge in [0.25, 0.3) is 0 Å². The first-order valence-corrected chi connectivity index (χ1v) is 11.6. The molecule has 1 fully saturated rings. The minimum absolute atomic E-state index is 0.112. The van der Waals surface area contributed by atoms with E-state index in [2.05, 4.69) is 20.9 Å². The summed E-state index contributed by atoms with van der Waals surface area (Å²) in [7, 11) is 0. The van der Waals surface area contributed by atoms with Crippen LogP contribution in [0, 0.1) is 0 Å². The lowest BCUT2D eigenvalue weighted by Gasteiger charge is -2.35. The van der Waals surface area contributed by atoms with Gasteiger partial charge in [0, 0.05) is 42.6 Å². The van der Waals surface area contributed by atoms with E-state index in [0.29, 0.717) is 12.8 Å². The summed E-state index contributed by atoms with van der Waals surface area (Å²) in [6.07, 6.45) is 6.01. The molecule has 2 aromatic carbocycles. The zero-order valence-electron chi connectivity index (χ0n) is 17.1. The van der Waals surface area contributed by atoms with Crippen LogP contribution in [0.5, 0.6) is 0 Å². The summed E-state index contributed by atoms with van der Waals surface area (Å²) in [5.74, 6) is 0.999. The van der Waals surface area contributed by atoms with Gasteiger partial charge in [-0.2, -0.15) is 0 Å². The highest BCUT2D eigenvalue weighted by Crippen LogP contribution is 2.43. The summed E-state index contributed by atoms with van der Waals surface area (Å²) in [5, 5.41) is 1.04. The molecular weight excluding hydrogens is 404 g/mol. The molecule has 0 spiro atoms. The van der Waals surface area contributed by atoms with E-state index in [1.54, 1.807) is 11.3 Å². The summed E-state index contributed by atoms with van der Waals surface area (Å²) in [5.41, 5.74) is 4.29. The van der Waals surface area contributed by atoms with Gasteiger partial charge in [-0.15, -0.1) is 11.3 Å². The topological polar surface area (TPSA) is 59.0 Å². The Kier molecular flexibility index (Phi) is 4.53. The van der Waals surface area contributed by atoms with Gasteiger partial charge in [-0.3, -0.25) is 4.79 Å². The van der Waals surface area contributed by atoms with Crippen LogP contribution in [0.15, 0.2) is 60.8 Å². The number of carbonyl (C=O) groups is 1. The fourth-order valence-corrected chi connectivity index (χ4v) is 5.92. The summed E-state index contributed by atoms with van der Waals surface area (Å²) in [4.78, 5) is 29.5. The van der Waals surface area contributed by atoms with Crippen molar-refractivity contribution in [2.45, 2.75) is 44.2 Å². The average molecular weight is 427 g/mol. The van der Waals surface area contributed by atoms with Gasteiger partial charge in [0.05, 0.1) is 27.0 Å². The molecule has 0 aliphatic carbocycles. The Labute approximate surface area is 184 Å². The third-order valence-electron chi connectivity index (χ3n) is 6.40. The Hall–Kier alpha value is -3.12. The fourth-order valence-electron chi connectivity index (χ4n) is 4.95. The second-order valence-electron chi connectivity index (χ2n) is 8.29. The predicted octanol–water partition coefficient (Wildman–Crippen LogP) is 4.97. The van der Waals surface area contributed by atoms with Gasteiger partial charge < -0.3 is 4.90 Å². The molecule has 31 heavy (non-hydrogen) atoms. The molecule has 2 aromatic heterocycles. The maximum atomic E-state index is 13.2. The molecule has 0 unspecified atom stereocenters. The first kappa shape index (κ1) is 18.6. The Morgan fingerprint density at radius 2 is 1.87 bits per heavy atom. The number of nitrogens with zero attached hydrogens (tertiary/aromatic N) is 4. The second-order valence-corrected chi connectivity index (χ2v) is 9.40. The zero-order valence-corrected chi connectivity index (χ0v) is 17.9. The largest absolute Gasteiger partial charge is 0.332 e. The number of hydrogen-bond acceptors (Lipinski definition) is 5. The van der Waals surface area contributed by atoms with E-state index in [0.717, 1.165) is 52.4 Å². The molecule has 2 aliphatic rings. The highest BCUT2D eigenvalue weighted by atomic mass is 32.1. The smallest absolute Gasteiger partial charge is 0.223 e. The number of hydrogen-bond donors (Lipinski definition) is 0. The minimum Gasteiger partial charge on any atom is -0.332 e. The number of aromatic nitrogens is 3. The van der Waals surface area contributed by atoms with Crippen LogP contribution in [0.4, 0.5) is 0 Å². The van der Waals surface area contributed by atoms with E-state index < -0.39 is 0 Å². The quantitative estimate of drug-likeness (QED) is 0.462. The molecule has 0 radical (unpaired) electrons. The van der Waals surface area contributed by atoms with Gasteiger partial charge in [0.2, 0.25) is 5.91 Å². The third kappa shape index (κ3) is 3.31. The normalized spacial score (nSPS) is 19.5. The number of aryl methyl sites for hydroxylation is 1. The van der Waals surface area contributed by atoms with Crippen LogP contribution in [0.25, 0.3) is 21.6 Å². The van der Waals surface area contributed by atoms with Crippen LogP contribution in [0.2, 0.25) is 0 Å². The van der Waals surface area contributed by atoms with E-state index in [1.807, 2.05) is 54.7 Å². The van der Waals surface area contributed by atoms with Crippen molar-refractivity contribution in [1.82, 2.24) is 19.9 Å². The van der Waals surface area contributed by atoms with Crippen LogP contribution in [-0.2, 0) is 17.6 Å². The van der Waals surface area contributed by atoms with E-state index in [-0.39, 0.29) is 18.0 Å². The van der Waals surface area contributed by atoms with Gasteiger partial charge >= 0.3 is 0 Å². The SMILES string of the molecule is O=C(CCc1nc2ccccc2s1)N1[C@H]2CC[C@@H]1c1cnc(-c3ccccc3)nc1C2. The monoisotopic (exact) mass is 426 g/mol. The zero-order chi connectivity index (χ0) is 20.8. The lowest BCUT2D eigenvalue weighted by molar-refractivity contribution is -0.134. The molecular formula is C25H22N4OS. The van der Waals surface area contributed by atoms with Crippen molar-refractivity contribution < 1.29 is 4.79 Å². The Bertz CT molecular complexity index is 1240. The van der Waals surface area contributed by atoms with E-state index in [4.69, 9.17) is 4.98 Å².